The molecule has 1 atom stereocenters. The number of ether oxygens (including phenoxy) is 1. The number of rotatable bonds is 6. The molecule has 1 saturated heterocycles. The SMILES string of the molecule is CC#CCOc1ccc2cn(C[C@@]3(c4ccc(-c5ccc6nn(C)cc6c5)cc4)NC(=O)NC3=O)c(O)c2c1. The van der Waals surface area contributed by atoms with Gasteiger partial charge >= 0.3 is 6.03 Å². The van der Waals surface area contributed by atoms with E-state index in [4.69, 9.17) is 4.74 Å². The number of aromatic nitrogens is 3. The number of carbonyl (C=O) groups is 2. The Morgan fingerprint density at radius 1 is 1.00 bits per heavy atom. The van der Waals surface area contributed by atoms with Gasteiger partial charge in [-0.15, -0.1) is 5.92 Å². The number of aromatic hydroxyl groups is 1. The summed E-state index contributed by atoms with van der Waals surface area (Å²) in [5, 5.41) is 23.0. The van der Waals surface area contributed by atoms with Gasteiger partial charge in [-0.05, 0) is 53.9 Å². The lowest BCUT2D eigenvalue weighted by Crippen LogP contribution is -2.47. The van der Waals surface area contributed by atoms with Crippen molar-refractivity contribution in [3.05, 3.63) is 78.6 Å². The summed E-state index contributed by atoms with van der Waals surface area (Å²) in [7, 11) is 1.88. The third kappa shape index (κ3) is 4.22. The van der Waals surface area contributed by atoms with Crippen molar-refractivity contribution in [3.63, 3.8) is 0 Å². The molecule has 39 heavy (non-hydrogen) atoms. The molecule has 0 unspecified atom stereocenters. The van der Waals surface area contributed by atoms with E-state index < -0.39 is 17.5 Å². The molecule has 1 aliphatic heterocycles. The molecule has 3 heterocycles. The Morgan fingerprint density at radius 3 is 2.54 bits per heavy atom. The predicted molar refractivity (Wildman–Crippen MR) is 147 cm³/mol. The van der Waals surface area contributed by atoms with Gasteiger partial charge in [0, 0.05) is 35.6 Å². The van der Waals surface area contributed by atoms with Gasteiger partial charge in [-0.25, -0.2) is 4.79 Å². The lowest BCUT2D eigenvalue weighted by molar-refractivity contribution is -0.124. The average Bonchev–Trinajstić information content (AvgIpc) is 3.55. The van der Waals surface area contributed by atoms with Crippen molar-refractivity contribution in [2.45, 2.75) is 19.0 Å². The Balaban J connectivity index is 1.35. The standard InChI is InChI=1S/C30H25N5O4/c1-3-4-13-39-24-11-7-21-17-35(27(36)25(21)15-24)18-30(28(37)31-29(38)32-30)23-9-5-19(6-10-23)20-8-12-26-22(14-20)16-34(2)33-26/h5-12,14-17,36H,13,18H2,1-2H3,(H2,31,32,37,38)/t30-/m0/s1. The average molecular weight is 520 g/mol. The van der Waals surface area contributed by atoms with E-state index in [9.17, 15) is 14.7 Å². The normalized spacial score (nSPS) is 16.7. The summed E-state index contributed by atoms with van der Waals surface area (Å²) in [6.07, 6.45) is 3.71. The fraction of sp³-hybridized carbons (Fsp3) is 0.167. The smallest absolute Gasteiger partial charge is 0.322 e. The first-order chi connectivity index (χ1) is 18.9. The van der Waals surface area contributed by atoms with Gasteiger partial charge in [0.15, 0.2) is 11.4 Å². The largest absolute Gasteiger partial charge is 0.494 e. The van der Waals surface area contributed by atoms with Gasteiger partial charge < -0.3 is 19.7 Å². The zero-order valence-corrected chi connectivity index (χ0v) is 21.4. The van der Waals surface area contributed by atoms with Crippen LogP contribution < -0.4 is 15.4 Å². The second-order valence-electron chi connectivity index (χ2n) is 9.51. The van der Waals surface area contributed by atoms with Crippen molar-refractivity contribution in [3.8, 4) is 34.6 Å². The van der Waals surface area contributed by atoms with Gasteiger partial charge in [0.05, 0.1) is 12.1 Å². The van der Waals surface area contributed by atoms with Crippen molar-refractivity contribution in [2.24, 2.45) is 7.05 Å². The maximum absolute atomic E-state index is 13.2. The summed E-state index contributed by atoms with van der Waals surface area (Å²) >= 11 is 0. The van der Waals surface area contributed by atoms with Crippen molar-refractivity contribution in [1.29, 1.82) is 0 Å². The van der Waals surface area contributed by atoms with Crippen molar-refractivity contribution in [2.75, 3.05) is 6.61 Å². The van der Waals surface area contributed by atoms with E-state index in [0.29, 0.717) is 16.7 Å². The minimum Gasteiger partial charge on any atom is -0.494 e. The van der Waals surface area contributed by atoms with Gasteiger partial charge in [-0.2, -0.15) is 5.10 Å². The Bertz CT molecular complexity index is 1820. The molecule has 3 N–H and O–H groups in total. The number of aryl methyl sites for hydroxylation is 1. The van der Waals surface area contributed by atoms with Crippen LogP contribution >= 0.6 is 0 Å². The first kappa shape index (κ1) is 24.1. The zero-order valence-electron chi connectivity index (χ0n) is 21.4. The highest BCUT2D eigenvalue weighted by molar-refractivity contribution is 6.07. The molecular formula is C30H25N5O4. The molecule has 9 heteroatoms. The molecular weight excluding hydrogens is 494 g/mol. The molecule has 0 aliphatic carbocycles. The van der Waals surface area contributed by atoms with E-state index in [0.717, 1.165) is 27.4 Å². The molecule has 194 valence electrons. The number of nitrogens with zero attached hydrogens (tertiary/aromatic N) is 3. The van der Waals surface area contributed by atoms with Crippen LogP contribution in [-0.4, -0.2) is 38.0 Å². The summed E-state index contributed by atoms with van der Waals surface area (Å²) in [4.78, 5) is 25.5. The van der Waals surface area contributed by atoms with Gasteiger partial charge in [0.2, 0.25) is 0 Å². The second-order valence-corrected chi connectivity index (χ2v) is 9.51. The number of hydrogen-bond acceptors (Lipinski definition) is 5. The summed E-state index contributed by atoms with van der Waals surface area (Å²) in [6, 6.07) is 18.3. The van der Waals surface area contributed by atoms with Crippen LogP contribution in [0, 0.1) is 11.8 Å². The summed E-state index contributed by atoms with van der Waals surface area (Å²) < 4.78 is 8.97. The van der Waals surface area contributed by atoms with Crippen LogP contribution in [0.3, 0.4) is 0 Å². The van der Waals surface area contributed by atoms with Crippen LogP contribution in [0.25, 0.3) is 32.8 Å². The number of benzene rings is 3. The quantitative estimate of drug-likeness (QED) is 0.232. The molecule has 1 fully saturated rings. The Morgan fingerprint density at radius 2 is 1.79 bits per heavy atom. The van der Waals surface area contributed by atoms with E-state index in [2.05, 4.69) is 33.6 Å². The number of urea groups is 1. The summed E-state index contributed by atoms with van der Waals surface area (Å²) in [5.41, 5.74) is 2.06. The second kappa shape index (κ2) is 9.26. The molecule has 1 aliphatic rings. The van der Waals surface area contributed by atoms with Crippen molar-refractivity contribution in [1.82, 2.24) is 25.0 Å². The maximum atomic E-state index is 13.2. The summed E-state index contributed by atoms with van der Waals surface area (Å²) in [6.45, 7) is 1.97. The van der Waals surface area contributed by atoms with E-state index in [-0.39, 0.29) is 19.0 Å². The number of amides is 3. The highest BCUT2D eigenvalue weighted by Gasteiger charge is 2.48. The zero-order chi connectivity index (χ0) is 27.1. The maximum Gasteiger partial charge on any atom is 0.322 e. The molecule has 3 aromatic carbocycles. The first-order valence-corrected chi connectivity index (χ1v) is 12.4. The topological polar surface area (TPSA) is 110 Å². The Hall–Kier alpha value is -5.23. The monoisotopic (exact) mass is 519 g/mol. The fourth-order valence-corrected chi connectivity index (χ4v) is 5.06. The van der Waals surface area contributed by atoms with Crippen LogP contribution in [0.2, 0.25) is 0 Å². The molecule has 9 nitrogen and oxygen atoms in total. The number of carbonyl (C=O) groups excluding carboxylic acids is 2. The molecule has 2 aromatic heterocycles. The molecule has 0 spiro atoms. The molecule has 0 radical (unpaired) electrons. The molecule has 6 rings (SSSR count). The number of nitrogens with one attached hydrogen (secondary N) is 2. The van der Waals surface area contributed by atoms with E-state index in [1.54, 1.807) is 34.5 Å². The van der Waals surface area contributed by atoms with E-state index >= 15 is 0 Å². The van der Waals surface area contributed by atoms with Crippen molar-refractivity contribution < 1.29 is 19.4 Å². The van der Waals surface area contributed by atoms with E-state index in [1.165, 1.54) is 0 Å². The number of hydrogen-bond donors (Lipinski definition) is 3. The van der Waals surface area contributed by atoms with Crippen LogP contribution in [-0.2, 0) is 23.9 Å². The fourth-order valence-electron chi connectivity index (χ4n) is 5.06. The minimum atomic E-state index is -1.41. The van der Waals surface area contributed by atoms with Gasteiger partial charge in [-0.3, -0.25) is 14.8 Å². The highest BCUT2D eigenvalue weighted by Crippen LogP contribution is 2.35. The van der Waals surface area contributed by atoms with E-state index in [1.807, 2.05) is 55.7 Å². The number of fused-ring (bicyclic) bond motifs is 2. The Kier molecular flexibility index (Phi) is 5.73. The van der Waals surface area contributed by atoms with Gasteiger partial charge in [0.1, 0.15) is 12.4 Å². The van der Waals surface area contributed by atoms with Crippen LogP contribution in [0.5, 0.6) is 11.6 Å². The van der Waals surface area contributed by atoms with Gasteiger partial charge in [0.25, 0.3) is 5.91 Å². The number of imide groups is 1. The summed E-state index contributed by atoms with van der Waals surface area (Å²) in [5.74, 6) is 5.66. The Labute approximate surface area is 224 Å². The van der Waals surface area contributed by atoms with Crippen LogP contribution in [0.4, 0.5) is 4.79 Å². The lowest BCUT2D eigenvalue weighted by Gasteiger charge is -2.27. The van der Waals surface area contributed by atoms with Crippen LogP contribution in [0.15, 0.2) is 73.1 Å². The predicted octanol–water partition coefficient (Wildman–Crippen LogP) is 4.04. The first-order valence-electron chi connectivity index (χ1n) is 12.4. The molecule has 0 bridgehead atoms. The third-order valence-electron chi connectivity index (χ3n) is 7.00. The van der Waals surface area contributed by atoms with Crippen molar-refractivity contribution >= 4 is 33.6 Å². The van der Waals surface area contributed by atoms with Gasteiger partial charge in [-0.1, -0.05) is 36.3 Å². The third-order valence-corrected chi connectivity index (χ3v) is 7.00. The highest BCUT2D eigenvalue weighted by atomic mass is 16.5. The minimum absolute atomic E-state index is 0.0103. The molecule has 3 amide bonds. The lowest BCUT2D eigenvalue weighted by atomic mass is 9.88. The molecule has 5 aromatic rings. The molecule has 0 saturated carbocycles. The van der Waals surface area contributed by atoms with Crippen LogP contribution in [0.1, 0.15) is 12.5 Å².